The number of carbonyl (C=O) groups excluding carboxylic acids is 1. The van der Waals surface area contributed by atoms with Crippen LogP contribution < -0.4 is 10.2 Å². The monoisotopic (exact) mass is 220 g/mol. The zero-order valence-corrected chi connectivity index (χ0v) is 10.4. The highest BCUT2D eigenvalue weighted by Crippen LogP contribution is 2.17. The molecular weight excluding hydrogens is 200 g/mol. The van der Waals surface area contributed by atoms with Gasteiger partial charge in [-0.05, 0) is 40.0 Å². The number of carbonyl (C=O) groups is 1. The van der Waals surface area contributed by atoms with Crippen molar-refractivity contribution >= 4 is 11.6 Å². The summed E-state index contributed by atoms with van der Waals surface area (Å²) in [6, 6.07) is 8.20. The Labute approximate surface area is 97.5 Å². The minimum Gasteiger partial charge on any atom is -0.311 e. The van der Waals surface area contributed by atoms with E-state index >= 15 is 0 Å². The summed E-state index contributed by atoms with van der Waals surface area (Å²) in [4.78, 5) is 13.7. The lowest BCUT2D eigenvalue weighted by atomic mass is 10.2. The summed E-state index contributed by atoms with van der Waals surface area (Å²) in [5, 5.41) is 2.89. The normalized spacial score (nSPS) is 10.6. The van der Waals surface area contributed by atoms with Crippen molar-refractivity contribution in [1.29, 1.82) is 0 Å². The molecular formula is C13H20N2O. The maximum absolute atomic E-state index is 11.9. The molecule has 0 aliphatic rings. The average Bonchev–Trinajstić information content (AvgIpc) is 2.21. The Balaban J connectivity index is 2.93. The summed E-state index contributed by atoms with van der Waals surface area (Å²) in [6.45, 7) is 6.45. The standard InChI is InChI=1S/C13H20N2O/c1-10(2)15(13(16)9-14-4)12-7-5-11(3)6-8-12/h5-8,10,14H,9H2,1-4H3. The van der Waals surface area contributed by atoms with E-state index in [0.29, 0.717) is 6.54 Å². The largest absolute Gasteiger partial charge is 0.311 e. The van der Waals surface area contributed by atoms with Gasteiger partial charge in [-0.2, -0.15) is 0 Å². The lowest BCUT2D eigenvalue weighted by molar-refractivity contribution is -0.118. The average molecular weight is 220 g/mol. The van der Waals surface area contributed by atoms with Crippen LogP contribution in [0.15, 0.2) is 24.3 Å². The molecule has 0 heterocycles. The van der Waals surface area contributed by atoms with E-state index in [0.717, 1.165) is 5.69 Å². The molecule has 1 aromatic carbocycles. The van der Waals surface area contributed by atoms with Gasteiger partial charge in [0, 0.05) is 11.7 Å². The van der Waals surface area contributed by atoms with E-state index in [9.17, 15) is 4.79 Å². The number of rotatable bonds is 4. The number of aryl methyl sites for hydroxylation is 1. The fourth-order valence-electron chi connectivity index (χ4n) is 1.67. The molecule has 0 aliphatic carbocycles. The lowest BCUT2D eigenvalue weighted by Gasteiger charge is -2.27. The predicted octanol–water partition coefficient (Wildman–Crippen LogP) is 1.96. The number of hydrogen-bond donors (Lipinski definition) is 1. The van der Waals surface area contributed by atoms with Crippen LogP contribution in [0.4, 0.5) is 5.69 Å². The minimum atomic E-state index is 0.0985. The minimum absolute atomic E-state index is 0.0985. The van der Waals surface area contributed by atoms with Gasteiger partial charge in [-0.1, -0.05) is 17.7 Å². The Morgan fingerprint density at radius 3 is 2.31 bits per heavy atom. The number of likely N-dealkylation sites (N-methyl/N-ethyl adjacent to an activating group) is 1. The molecule has 0 aliphatic heterocycles. The fourth-order valence-corrected chi connectivity index (χ4v) is 1.67. The second-order valence-electron chi connectivity index (χ2n) is 4.22. The molecule has 0 unspecified atom stereocenters. The van der Waals surface area contributed by atoms with Gasteiger partial charge >= 0.3 is 0 Å². The molecule has 0 spiro atoms. The van der Waals surface area contributed by atoms with Gasteiger partial charge in [0.2, 0.25) is 5.91 Å². The van der Waals surface area contributed by atoms with Crippen LogP contribution in [0.1, 0.15) is 19.4 Å². The molecule has 0 radical (unpaired) electrons. The highest BCUT2D eigenvalue weighted by molar-refractivity contribution is 5.95. The number of amides is 1. The van der Waals surface area contributed by atoms with Gasteiger partial charge in [-0.25, -0.2) is 0 Å². The van der Waals surface area contributed by atoms with Crippen LogP contribution in [0.25, 0.3) is 0 Å². The van der Waals surface area contributed by atoms with E-state index in [4.69, 9.17) is 0 Å². The van der Waals surface area contributed by atoms with Crippen LogP contribution in [0, 0.1) is 6.92 Å². The first-order chi connectivity index (χ1) is 7.56. The van der Waals surface area contributed by atoms with Crippen LogP contribution >= 0.6 is 0 Å². The number of benzene rings is 1. The van der Waals surface area contributed by atoms with Crippen LogP contribution in [-0.2, 0) is 4.79 Å². The molecule has 3 nitrogen and oxygen atoms in total. The molecule has 1 rings (SSSR count). The van der Waals surface area contributed by atoms with Gasteiger partial charge < -0.3 is 10.2 Å². The first kappa shape index (κ1) is 12.7. The topological polar surface area (TPSA) is 32.3 Å². The smallest absolute Gasteiger partial charge is 0.241 e. The predicted molar refractivity (Wildman–Crippen MR) is 67.7 cm³/mol. The molecule has 1 aromatic rings. The quantitative estimate of drug-likeness (QED) is 0.841. The maximum Gasteiger partial charge on any atom is 0.241 e. The van der Waals surface area contributed by atoms with Crippen LogP contribution in [0.2, 0.25) is 0 Å². The first-order valence-electron chi connectivity index (χ1n) is 5.59. The molecule has 0 fully saturated rings. The Kier molecular flexibility index (Phi) is 4.50. The molecule has 0 aromatic heterocycles. The number of nitrogens with one attached hydrogen (secondary N) is 1. The van der Waals surface area contributed by atoms with Gasteiger partial charge in [-0.15, -0.1) is 0 Å². The van der Waals surface area contributed by atoms with Crippen LogP contribution in [-0.4, -0.2) is 25.5 Å². The molecule has 1 N–H and O–H groups in total. The van der Waals surface area contributed by atoms with Crippen LogP contribution in [0.3, 0.4) is 0 Å². The summed E-state index contributed by atoms with van der Waals surface area (Å²) in [6.07, 6.45) is 0. The van der Waals surface area contributed by atoms with Crippen LogP contribution in [0.5, 0.6) is 0 Å². The van der Waals surface area contributed by atoms with E-state index < -0.39 is 0 Å². The summed E-state index contributed by atoms with van der Waals surface area (Å²) < 4.78 is 0. The summed E-state index contributed by atoms with van der Waals surface area (Å²) >= 11 is 0. The third-order valence-corrected chi connectivity index (χ3v) is 2.43. The number of hydrogen-bond acceptors (Lipinski definition) is 2. The van der Waals surface area contributed by atoms with E-state index in [-0.39, 0.29) is 11.9 Å². The number of anilines is 1. The highest BCUT2D eigenvalue weighted by Gasteiger charge is 2.17. The Hall–Kier alpha value is -1.35. The SMILES string of the molecule is CNCC(=O)N(c1ccc(C)cc1)C(C)C. The van der Waals surface area contributed by atoms with Crippen molar-refractivity contribution in [3.8, 4) is 0 Å². The maximum atomic E-state index is 11.9. The van der Waals surface area contributed by atoms with Crippen molar-refractivity contribution in [2.45, 2.75) is 26.8 Å². The van der Waals surface area contributed by atoms with E-state index in [1.165, 1.54) is 5.56 Å². The van der Waals surface area contributed by atoms with Gasteiger partial charge in [0.25, 0.3) is 0 Å². The Morgan fingerprint density at radius 2 is 1.88 bits per heavy atom. The third-order valence-electron chi connectivity index (χ3n) is 2.43. The zero-order chi connectivity index (χ0) is 12.1. The fraction of sp³-hybridized carbons (Fsp3) is 0.462. The lowest BCUT2D eigenvalue weighted by Crippen LogP contribution is -2.41. The molecule has 0 bridgehead atoms. The van der Waals surface area contributed by atoms with Gasteiger partial charge in [0.1, 0.15) is 0 Å². The second-order valence-corrected chi connectivity index (χ2v) is 4.22. The van der Waals surface area contributed by atoms with Gasteiger partial charge in [-0.3, -0.25) is 4.79 Å². The van der Waals surface area contributed by atoms with Crippen molar-refractivity contribution in [2.24, 2.45) is 0 Å². The molecule has 3 heteroatoms. The summed E-state index contributed by atoms with van der Waals surface area (Å²) in [5.41, 5.74) is 2.16. The van der Waals surface area contributed by atoms with Crippen molar-refractivity contribution in [3.63, 3.8) is 0 Å². The molecule has 1 amide bonds. The Morgan fingerprint density at radius 1 is 1.31 bits per heavy atom. The van der Waals surface area contributed by atoms with Crippen molar-refractivity contribution in [2.75, 3.05) is 18.5 Å². The third kappa shape index (κ3) is 3.07. The van der Waals surface area contributed by atoms with Crippen molar-refractivity contribution in [3.05, 3.63) is 29.8 Å². The van der Waals surface area contributed by atoms with E-state index in [1.54, 1.807) is 7.05 Å². The molecule has 0 saturated heterocycles. The molecule has 16 heavy (non-hydrogen) atoms. The second kappa shape index (κ2) is 5.66. The molecule has 0 saturated carbocycles. The molecule has 88 valence electrons. The Bertz CT molecular complexity index is 343. The van der Waals surface area contributed by atoms with E-state index in [2.05, 4.69) is 5.32 Å². The molecule has 0 atom stereocenters. The van der Waals surface area contributed by atoms with Gasteiger partial charge in [0.05, 0.1) is 6.54 Å². The number of nitrogens with zero attached hydrogens (tertiary/aromatic N) is 1. The van der Waals surface area contributed by atoms with E-state index in [1.807, 2.05) is 49.9 Å². The zero-order valence-electron chi connectivity index (χ0n) is 10.4. The summed E-state index contributed by atoms with van der Waals surface area (Å²) in [7, 11) is 1.78. The van der Waals surface area contributed by atoms with Gasteiger partial charge in [0.15, 0.2) is 0 Å². The highest BCUT2D eigenvalue weighted by atomic mass is 16.2. The summed E-state index contributed by atoms with van der Waals surface area (Å²) in [5.74, 6) is 0.0985. The van der Waals surface area contributed by atoms with Crippen molar-refractivity contribution in [1.82, 2.24) is 5.32 Å². The first-order valence-corrected chi connectivity index (χ1v) is 5.59. The van der Waals surface area contributed by atoms with Crippen molar-refractivity contribution < 1.29 is 4.79 Å².